The maximum Gasteiger partial charge on any atom is 0.255 e. The number of hydrogen-bond acceptors (Lipinski definition) is 6. The lowest BCUT2D eigenvalue weighted by Gasteiger charge is -2.33. The molecule has 1 heterocycles. The number of carbonyl (C=O) groups excluding carboxylic acids is 2. The molecule has 8 nitrogen and oxygen atoms in total. The van der Waals surface area contributed by atoms with Crippen molar-refractivity contribution in [3.8, 4) is 28.2 Å². The van der Waals surface area contributed by atoms with Gasteiger partial charge in [-0.25, -0.2) is 4.39 Å². The van der Waals surface area contributed by atoms with E-state index in [-0.39, 0.29) is 17.6 Å². The number of furan rings is 1. The van der Waals surface area contributed by atoms with Gasteiger partial charge in [-0.3, -0.25) is 9.59 Å². The van der Waals surface area contributed by atoms with Gasteiger partial charge in [-0.2, -0.15) is 0 Å². The van der Waals surface area contributed by atoms with Crippen molar-refractivity contribution in [3.63, 3.8) is 0 Å². The third-order valence-corrected chi connectivity index (χ3v) is 8.08. The number of ether oxygens (including phenoxy) is 1. The van der Waals surface area contributed by atoms with Crippen molar-refractivity contribution in [2.45, 2.75) is 37.8 Å². The van der Waals surface area contributed by atoms with Crippen LogP contribution in [-0.4, -0.2) is 44.1 Å². The summed E-state index contributed by atoms with van der Waals surface area (Å²) >= 11 is 0. The quantitative estimate of drug-likeness (QED) is 0.217. The van der Waals surface area contributed by atoms with Crippen molar-refractivity contribution in [1.29, 1.82) is 0 Å². The van der Waals surface area contributed by atoms with Crippen molar-refractivity contribution >= 4 is 22.8 Å². The highest BCUT2D eigenvalue weighted by molar-refractivity contribution is 6.12. The first-order chi connectivity index (χ1) is 20.0. The zero-order chi connectivity index (χ0) is 30.2. The van der Waals surface area contributed by atoms with Gasteiger partial charge in [-0.15, -0.1) is 0 Å². The van der Waals surface area contributed by atoms with E-state index < -0.39 is 11.1 Å². The third-order valence-electron chi connectivity index (χ3n) is 8.08. The number of benzene rings is 3. The second-order valence-electron chi connectivity index (χ2n) is 10.9. The van der Waals surface area contributed by atoms with Crippen molar-refractivity contribution in [2.24, 2.45) is 5.73 Å². The summed E-state index contributed by atoms with van der Waals surface area (Å²) < 4.78 is 25.3. The van der Waals surface area contributed by atoms with Crippen LogP contribution in [0, 0.1) is 12.7 Å². The standard InChI is InChI=1S/C33H35FN4O4/c1-19-16-27(41-5)25(30(39)38-33(12-13-33)32(2,35)14-15-36-3)18-23(19)21-8-11-26-24(17-21)28(31(40)37-4)29(42-26)20-6-9-22(34)10-7-20/h6-11,14-18,36H,12-13,35H2,1-5H3,(H,37,40)(H,38,39)/b15-14-. The number of halogens is 1. The predicted molar refractivity (Wildman–Crippen MR) is 162 cm³/mol. The van der Waals surface area contributed by atoms with Crippen molar-refractivity contribution in [3.05, 3.63) is 89.4 Å². The molecule has 0 spiro atoms. The van der Waals surface area contributed by atoms with E-state index >= 15 is 0 Å². The SMILES string of the molecule is CN/C=C\C(C)(N)C1(NC(=O)c2cc(-c3ccc4oc(-c5ccc(F)cc5)c(C(=O)NC)c4c3)c(C)cc2OC)CC1. The highest BCUT2D eigenvalue weighted by Gasteiger charge is 2.55. The Bertz CT molecular complexity index is 1700. The van der Waals surface area contributed by atoms with E-state index in [1.54, 1.807) is 44.6 Å². The summed E-state index contributed by atoms with van der Waals surface area (Å²) in [5, 5.41) is 9.41. The molecule has 1 fully saturated rings. The lowest BCUT2D eigenvalue weighted by Crippen LogP contribution is -2.58. The summed E-state index contributed by atoms with van der Waals surface area (Å²) in [7, 11) is 4.88. The van der Waals surface area contributed by atoms with Crippen LogP contribution in [-0.2, 0) is 0 Å². The summed E-state index contributed by atoms with van der Waals surface area (Å²) in [5.41, 5.74) is 9.57. The van der Waals surface area contributed by atoms with Crippen molar-refractivity contribution in [1.82, 2.24) is 16.0 Å². The van der Waals surface area contributed by atoms with Gasteiger partial charge in [-0.1, -0.05) is 6.07 Å². The Morgan fingerprint density at radius 2 is 1.74 bits per heavy atom. The van der Waals surface area contributed by atoms with Crippen LogP contribution in [0.2, 0.25) is 0 Å². The van der Waals surface area contributed by atoms with Gasteiger partial charge in [-0.05, 0) is 104 Å². The number of methoxy groups -OCH3 is 1. The summed E-state index contributed by atoms with van der Waals surface area (Å²) in [4.78, 5) is 26.7. The Kier molecular flexibility index (Phi) is 7.55. The number of amides is 2. The van der Waals surface area contributed by atoms with Gasteiger partial charge >= 0.3 is 0 Å². The molecular weight excluding hydrogens is 535 g/mol. The molecule has 0 radical (unpaired) electrons. The summed E-state index contributed by atoms with van der Waals surface area (Å²) in [6.45, 7) is 3.83. The van der Waals surface area contributed by atoms with Gasteiger partial charge in [0.05, 0.1) is 29.3 Å². The molecule has 2 amide bonds. The second-order valence-corrected chi connectivity index (χ2v) is 10.9. The van der Waals surface area contributed by atoms with E-state index in [1.165, 1.54) is 19.2 Å². The Labute approximate surface area is 244 Å². The molecule has 1 saturated carbocycles. The van der Waals surface area contributed by atoms with E-state index in [9.17, 15) is 14.0 Å². The van der Waals surface area contributed by atoms with Gasteiger partial charge in [0.1, 0.15) is 22.9 Å². The Balaban J connectivity index is 1.58. The lowest BCUT2D eigenvalue weighted by atomic mass is 9.89. The van der Waals surface area contributed by atoms with E-state index in [4.69, 9.17) is 14.9 Å². The summed E-state index contributed by atoms with van der Waals surface area (Å²) in [6.07, 6.45) is 5.16. The number of carbonyl (C=O) groups is 2. The highest BCUT2D eigenvalue weighted by Crippen LogP contribution is 2.45. The van der Waals surface area contributed by atoms with Crippen molar-refractivity contribution < 1.29 is 23.1 Å². The van der Waals surface area contributed by atoms with Gasteiger partial charge in [0.2, 0.25) is 0 Å². The number of nitrogens with two attached hydrogens (primary N) is 1. The first kappa shape index (κ1) is 28.9. The molecule has 1 aromatic heterocycles. The third kappa shape index (κ3) is 5.12. The molecule has 1 aliphatic rings. The predicted octanol–water partition coefficient (Wildman–Crippen LogP) is 5.30. The lowest BCUT2D eigenvalue weighted by molar-refractivity contribution is 0.0911. The fourth-order valence-corrected chi connectivity index (χ4v) is 5.38. The Morgan fingerprint density at radius 3 is 2.36 bits per heavy atom. The van der Waals surface area contributed by atoms with Crippen LogP contribution in [0.15, 0.2) is 71.3 Å². The summed E-state index contributed by atoms with van der Waals surface area (Å²) in [6, 6.07) is 15.0. The van der Waals surface area contributed by atoms with E-state index in [1.807, 2.05) is 38.1 Å². The van der Waals surface area contributed by atoms with Crippen molar-refractivity contribution in [2.75, 3.05) is 21.2 Å². The average Bonchev–Trinajstić information content (AvgIpc) is 3.68. The van der Waals surface area contributed by atoms with Crippen LogP contribution >= 0.6 is 0 Å². The number of aryl methyl sites for hydroxylation is 1. The molecule has 4 aromatic rings. The van der Waals surface area contributed by atoms with Gasteiger partial charge in [0.25, 0.3) is 11.8 Å². The van der Waals surface area contributed by atoms with Crippen LogP contribution in [0.3, 0.4) is 0 Å². The molecule has 3 aromatic carbocycles. The monoisotopic (exact) mass is 570 g/mol. The maximum atomic E-state index is 13.7. The molecule has 0 saturated heterocycles. The number of rotatable bonds is 9. The van der Waals surface area contributed by atoms with Crippen LogP contribution in [0.4, 0.5) is 4.39 Å². The number of nitrogens with one attached hydrogen (secondary N) is 3. The molecule has 0 bridgehead atoms. The smallest absolute Gasteiger partial charge is 0.255 e. The minimum atomic E-state index is -0.753. The van der Waals surface area contributed by atoms with Gasteiger partial charge < -0.3 is 30.8 Å². The second kappa shape index (κ2) is 11.0. The van der Waals surface area contributed by atoms with Gasteiger partial charge in [0, 0.05) is 25.0 Å². The number of hydrogen-bond donors (Lipinski definition) is 4. The van der Waals surface area contributed by atoms with Crippen LogP contribution in [0.1, 0.15) is 46.0 Å². The topological polar surface area (TPSA) is 119 Å². The van der Waals surface area contributed by atoms with Crippen LogP contribution in [0.25, 0.3) is 33.4 Å². The molecule has 1 atom stereocenters. The maximum absolute atomic E-state index is 13.7. The highest BCUT2D eigenvalue weighted by atomic mass is 19.1. The van der Waals surface area contributed by atoms with E-state index in [0.717, 1.165) is 29.5 Å². The first-order valence-corrected chi connectivity index (χ1v) is 13.7. The molecule has 42 heavy (non-hydrogen) atoms. The van der Waals surface area contributed by atoms with Crippen LogP contribution in [0.5, 0.6) is 5.75 Å². The fourth-order valence-electron chi connectivity index (χ4n) is 5.38. The molecule has 9 heteroatoms. The van der Waals surface area contributed by atoms with E-state index in [2.05, 4.69) is 16.0 Å². The average molecular weight is 571 g/mol. The fraction of sp³-hybridized carbons (Fsp3) is 0.273. The van der Waals surface area contributed by atoms with E-state index in [0.29, 0.717) is 39.2 Å². The van der Waals surface area contributed by atoms with Crippen LogP contribution < -0.4 is 26.4 Å². The molecule has 5 rings (SSSR count). The first-order valence-electron chi connectivity index (χ1n) is 13.7. The Morgan fingerprint density at radius 1 is 1.05 bits per heavy atom. The number of fused-ring (bicyclic) bond motifs is 1. The minimum Gasteiger partial charge on any atom is -0.496 e. The normalized spacial score (nSPS) is 15.3. The molecule has 0 aliphatic heterocycles. The minimum absolute atomic E-state index is 0.283. The molecular formula is C33H35FN4O4. The van der Waals surface area contributed by atoms with Gasteiger partial charge in [0.15, 0.2) is 0 Å². The Hall–Kier alpha value is -4.63. The zero-order valence-electron chi connectivity index (χ0n) is 24.4. The zero-order valence-corrected chi connectivity index (χ0v) is 24.4. The largest absolute Gasteiger partial charge is 0.496 e. The molecule has 5 N–H and O–H groups in total. The molecule has 1 unspecified atom stereocenters. The molecule has 1 aliphatic carbocycles. The molecule has 218 valence electrons. The summed E-state index contributed by atoms with van der Waals surface area (Å²) in [5.74, 6) is -0.202.